The van der Waals surface area contributed by atoms with E-state index in [1.165, 1.54) is 5.56 Å². The molecule has 6 heteroatoms. The Morgan fingerprint density at radius 2 is 1.84 bits per heavy atom. The van der Waals surface area contributed by atoms with Gasteiger partial charge in [0, 0.05) is 18.1 Å². The summed E-state index contributed by atoms with van der Waals surface area (Å²) in [7, 11) is 0. The summed E-state index contributed by atoms with van der Waals surface area (Å²) in [6.45, 7) is 10.9. The van der Waals surface area contributed by atoms with Crippen LogP contribution in [-0.4, -0.2) is 36.5 Å². The Labute approximate surface area is 169 Å². The van der Waals surface area contributed by atoms with E-state index in [1.54, 1.807) is 0 Å². The van der Waals surface area contributed by atoms with Crippen molar-refractivity contribution >= 4 is 35.8 Å². The topological polar surface area (TPSA) is 65.5 Å². The number of carbonyl (C=O) groups excluding carboxylic acids is 1. The summed E-state index contributed by atoms with van der Waals surface area (Å²) >= 11 is 0. The summed E-state index contributed by atoms with van der Waals surface area (Å²) in [6, 6.07) is 10.7. The molecule has 0 aliphatic carbocycles. The molecule has 0 aliphatic heterocycles. The number of hydrogen-bond donors (Lipinski definition) is 3. The summed E-state index contributed by atoms with van der Waals surface area (Å²) in [6.07, 6.45) is 2.02. The van der Waals surface area contributed by atoms with Crippen LogP contribution in [0.3, 0.4) is 0 Å². The predicted molar refractivity (Wildman–Crippen MR) is 117 cm³/mol. The molecule has 0 radical (unpaired) electrons. The monoisotopic (exact) mass is 460 g/mol. The van der Waals surface area contributed by atoms with E-state index in [0.717, 1.165) is 19.4 Å². The van der Waals surface area contributed by atoms with Crippen molar-refractivity contribution in [3.05, 3.63) is 35.9 Å². The van der Waals surface area contributed by atoms with Crippen molar-refractivity contribution in [2.24, 2.45) is 4.99 Å². The van der Waals surface area contributed by atoms with Gasteiger partial charge in [-0.05, 0) is 53.0 Å². The highest BCUT2D eigenvalue weighted by Gasteiger charge is 2.13. The first kappa shape index (κ1) is 23.7. The molecule has 0 fully saturated rings. The standard InChI is InChI=1S/C19H32N4O.HI/c1-6-20-18(21-14-17(24)23-19(3,4)5)22-15(2)12-13-16-10-8-7-9-11-16;/h7-11,15H,6,12-14H2,1-5H3,(H,23,24)(H2,20,21,22);1H. The second-order valence-corrected chi connectivity index (χ2v) is 7.06. The van der Waals surface area contributed by atoms with Crippen LogP contribution in [0.4, 0.5) is 0 Å². The molecular weight excluding hydrogens is 427 g/mol. The number of halogens is 1. The van der Waals surface area contributed by atoms with E-state index >= 15 is 0 Å². The Morgan fingerprint density at radius 3 is 2.40 bits per heavy atom. The number of nitrogens with one attached hydrogen (secondary N) is 3. The normalized spacial score (nSPS) is 12.8. The lowest BCUT2D eigenvalue weighted by Crippen LogP contribution is -2.45. The zero-order valence-corrected chi connectivity index (χ0v) is 18.4. The van der Waals surface area contributed by atoms with Crippen LogP contribution < -0.4 is 16.0 Å². The van der Waals surface area contributed by atoms with E-state index in [2.05, 4.69) is 52.1 Å². The van der Waals surface area contributed by atoms with Gasteiger partial charge in [0.05, 0.1) is 0 Å². The largest absolute Gasteiger partial charge is 0.357 e. The molecule has 1 aromatic rings. The lowest BCUT2D eigenvalue weighted by Gasteiger charge is -2.20. The number of rotatable bonds is 7. The Morgan fingerprint density at radius 1 is 1.20 bits per heavy atom. The maximum absolute atomic E-state index is 11.9. The predicted octanol–water partition coefficient (Wildman–Crippen LogP) is 3.10. The van der Waals surface area contributed by atoms with Gasteiger partial charge in [-0.25, -0.2) is 4.99 Å². The van der Waals surface area contributed by atoms with E-state index in [1.807, 2.05) is 33.8 Å². The molecule has 0 saturated carbocycles. The number of hydrogen-bond acceptors (Lipinski definition) is 2. The summed E-state index contributed by atoms with van der Waals surface area (Å²) in [4.78, 5) is 16.3. The Bertz CT molecular complexity index is 526. The van der Waals surface area contributed by atoms with Crippen LogP contribution in [0.5, 0.6) is 0 Å². The first-order valence-corrected chi connectivity index (χ1v) is 8.70. The van der Waals surface area contributed by atoms with Gasteiger partial charge in [-0.2, -0.15) is 0 Å². The molecule has 0 bridgehead atoms. The van der Waals surface area contributed by atoms with Crippen molar-refractivity contribution in [1.82, 2.24) is 16.0 Å². The summed E-state index contributed by atoms with van der Waals surface area (Å²) in [5.74, 6) is 0.610. The number of guanidine groups is 1. The molecule has 0 spiro atoms. The van der Waals surface area contributed by atoms with Crippen LogP contribution >= 0.6 is 24.0 Å². The van der Waals surface area contributed by atoms with Crippen LogP contribution in [-0.2, 0) is 11.2 Å². The first-order valence-electron chi connectivity index (χ1n) is 8.70. The quantitative estimate of drug-likeness (QED) is 0.333. The molecule has 1 amide bonds. The molecule has 3 N–H and O–H groups in total. The third-order valence-corrected chi connectivity index (χ3v) is 3.33. The number of benzene rings is 1. The second-order valence-electron chi connectivity index (χ2n) is 7.06. The Balaban J connectivity index is 0.00000576. The van der Waals surface area contributed by atoms with Gasteiger partial charge in [-0.15, -0.1) is 24.0 Å². The first-order chi connectivity index (χ1) is 11.3. The third kappa shape index (κ3) is 11.8. The number of amides is 1. The summed E-state index contributed by atoms with van der Waals surface area (Å²) in [5, 5.41) is 9.47. The van der Waals surface area contributed by atoms with Gasteiger partial charge < -0.3 is 16.0 Å². The maximum atomic E-state index is 11.9. The van der Waals surface area contributed by atoms with Crippen molar-refractivity contribution in [3.8, 4) is 0 Å². The van der Waals surface area contributed by atoms with Gasteiger partial charge in [0.15, 0.2) is 5.96 Å². The molecule has 1 aromatic carbocycles. The number of aryl methyl sites for hydroxylation is 1. The summed E-state index contributed by atoms with van der Waals surface area (Å²) in [5.41, 5.74) is 1.10. The van der Waals surface area contributed by atoms with Crippen LogP contribution in [0.15, 0.2) is 35.3 Å². The van der Waals surface area contributed by atoms with E-state index in [0.29, 0.717) is 5.96 Å². The Kier molecular flexibility index (Phi) is 11.5. The molecular formula is C19H33IN4O. The molecule has 1 rings (SSSR count). The Hall–Kier alpha value is -1.31. The smallest absolute Gasteiger partial charge is 0.242 e. The molecule has 1 atom stereocenters. The fraction of sp³-hybridized carbons (Fsp3) is 0.579. The molecule has 142 valence electrons. The van der Waals surface area contributed by atoms with Gasteiger partial charge in [0.25, 0.3) is 0 Å². The fourth-order valence-corrected chi connectivity index (χ4v) is 2.26. The average Bonchev–Trinajstić information content (AvgIpc) is 2.50. The van der Waals surface area contributed by atoms with Gasteiger partial charge in [0.2, 0.25) is 5.91 Å². The minimum absolute atomic E-state index is 0. The van der Waals surface area contributed by atoms with Crippen LogP contribution in [0.2, 0.25) is 0 Å². The minimum Gasteiger partial charge on any atom is -0.357 e. The number of nitrogens with zero attached hydrogens (tertiary/aromatic N) is 1. The highest BCUT2D eigenvalue weighted by atomic mass is 127. The van der Waals surface area contributed by atoms with Gasteiger partial charge >= 0.3 is 0 Å². The van der Waals surface area contributed by atoms with Crippen LogP contribution in [0.25, 0.3) is 0 Å². The highest BCUT2D eigenvalue weighted by molar-refractivity contribution is 14.0. The van der Waals surface area contributed by atoms with Gasteiger partial charge in [-0.1, -0.05) is 30.3 Å². The summed E-state index contributed by atoms with van der Waals surface area (Å²) < 4.78 is 0. The molecule has 0 aromatic heterocycles. The average molecular weight is 460 g/mol. The van der Waals surface area contributed by atoms with Crippen LogP contribution in [0.1, 0.15) is 46.6 Å². The third-order valence-electron chi connectivity index (χ3n) is 3.33. The van der Waals surface area contributed by atoms with E-state index in [9.17, 15) is 4.79 Å². The maximum Gasteiger partial charge on any atom is 0.242 e. The van der Waals surface area contributed by atoms with Crippen LogP contribution in [0, 0.1) is 0 Å². The molecule has 5 nitrogen and oxygen atoms in total. The zero-order valence-electron chi connectivity index (χ0n) is 16.1. The van der Waals surface area contributed by atoms with Crippen molar-refractivity contribution in [2.75, 3.05) is 13.1 Å². The van der Waals surface area contributed by atoms with Crippen molar-refractivity contribution in [2.45, 2.75) is 59.0 Å². The van der Waals surface area contributed by atoms with Crippen molar-refractivity contribution in [3.63, 3.8) is 0 Å². The van der Waals surface area contributed by atoms with E-state index < -0.39 is 0 Å². The van der Waals surface area contributed by atoms with Crippen molar-refractivity contribution < 1.29 is 4.79 Å². The molecule has 0 aliphatic rings. The van der Waals surface area contributed by atoms with E-state index in [-0.39, 0.29) is 48.0 Å². The highest BCUT2D eigenvalue weighted by Crippen LogP contribution is 2.04. The molecule has 0 saturated heterocycles. The zero-order chi connectivity index (χ0) is 18.0. The molecule has 0 heterocycles. The number of carbonyl (C=O) groups is 1. The van der Waals surface area contributed by atoms with Gasteiger partial charge in [-0.3, -0.25) is 4.79 Å². The van der Waals surface area contributed by atoms with E-state index in [4.69, 9.17) is 0 Å². The van der Waals surface area contributed by atoms with Crippen molar-refractivity contribution in [1.29, 1.82) is 0 Å². The van der Waals surface area contributed by atoms with Gasteiger partial charge in [0.1, 0.15) is 6.54 Å². The lowest BCUT2D eigenvalue weighted by molar-refractivity contribution is -0.121. The second kappa shape index (κ2) is 12.1. The number of aliphatic imine (C=N–C) groups is 1. The minimum atomic E-state index is -0.235. The lowest BCUT2D eigenvalue weighted by atomic mass is 10.1. The molecule has 25 heavy (non-hydrogen) atoms. The SMILES string of the molecule is CCNC(=NCC(=O)NC(C)(C)C)NC(C)CCc1ccccc1.I. The molecule has 1 unspecified atom stereocenters. The fourth-order valence-electron chi connectivity index (χ4n) is 2.26.